The van der Waals surface area contributed by atoms with Gasteiger partial charge in [-0.2, -0.15) is 0 Å². The maximum atomic E-state index is 11.3. The van der Waals surface area contributed by atoms with E-state index in [1.807, 2.05) is 0 Å². The molecule has 0 fully saturated rings. The van der Waals surface area contributed by atoms with E-state index in [1.54, 1.807) is 0 Å². The fourth-order valence-corrected chi connectivity index (χ4v) is 1.06. The summed E-state index contributed by atoms with van der Waals surface area (Å²) >= 11 is 0. The van der Waals surface area contributed by atoms with E-state index in [0.717, 1.165) is 13.0 Å². The molecule has 0 aliphatic rings. The second kappa shape index (κ2) is 9.20. The Morgan fingerprint density at radius 3 is 2.81 bits per heavy atom. The van der Waals surface area contributed by atoms with Gasteiger partial charge < -0.3 is 15.8 Å². The normalized spacial score (nSPS) is 12.2. The van der Waals surface area contributed by atoms with Gasteiger partial charge >= 0.3 is 0 Å². The number of nitrogens with two attached hydrogens (primary N) is 1. The predicted octanol–water partition coefficient (Wildman–Crippen LogP) is 0.516. The van der Waals surface area contributed by atoms with Crippen molar-refractivity contribution >= 4 is 5.91 Å². The van der Waals surface area contributed by atoms with Gasteiger partial charge in [0.05, 0.1) is 6.04 Å². The molecule has 0 rings (SSSR count). The van der Waals surface area contributed by atoms with Gasteiger partial charge in [0.25, 0.3) is 0 Å². The van der Waals surface area contributed by atoms with Crippen LogP contribution < -0.4 is 11.1 Å². The molecule has 4 nitrogen and oxygen atoms in total. The van der Waals surface area contributed by atoms with Crippen LogP contribution in [-0.4, -0.2) is 31.7 Å². The van der Waals surface area contributed by atoms with Crippen LogP contribution in [-0.2, 0) is 9.53 Å². The Balaban J connectivity index is 3.38. The number of terminal acetylenes is 1. The third-order valence-corrected chi connectivity index (χ3v) is 1.89. The van der Waals surface area contributed by atoms with E-state index in [1.165, 1.54) is 0 Å². The maximum absolute atomic E-state index is 11.3. The number of carbonyl (C=O) groups is 1. The van der Waals surface area contributed by atoms with Crippen LogP contribution in [0.4, 0.5) is 0 Å². The summed E-state index contributed by atoms with van der Waals surface area (Å²) in [6.45, 7) is 6.18. The number of amides is 1. The molecule has 16 heavy (non-hydrogen) atoms. The van der Waals surface area contributed by atoms with E-state index in [-0.39, 0.29) is 12.3 Å². The molecule has 0 heterocycles. The molecule has 0 spiro atoms. The SMILES string of the molecule is C#CCC(N)C(=O)NCCCOCC(C)C. The molecule has 92 valence electrons. The topological polar surface area (TPSA) is 64.4 Å². The van der Waals surface area contributed by atoms with Crippen LogP contribution in [0.15, 0.2) is 0 Å². The number of rotatable bonds is 8. The minimum atomic E-state index is -0.596. The molecule has 1 amide bonds. The molecule has 0 radical (unpaired) electrons. The van der Waals surface area contributed by atoms with Gasteiger partial charge in [-0.15, -0.1) is 12.3 Å². The van der Waals surface area contributed by atoms with Crippen LogP contribution >= 0.6 is 0 Å². The molecule has 3 N–H and O–H groups in total. The molecule has 0 aromatic carbocycles. The van der Waals surface area contributed by atoms with E-state index in [0.29, 0.717) is 19.1 Å². The molecular weight excluding hydrogens is 204 g/mol. The predicted molar refractivity (Wildman–Crippen MR) is 64.7 cm³/mol. The average Bonchev–Trinajstić information content (AvgIpc) is 2.22. The highest BCUT2D eigenvalue weighted by Crippen LogP contribution is 1.93. The van der Waals surface area contributed by atoms with Crippen molar-refractivity contribution in [1.82, 2.24) is 5.32 Å². The maximum Gasteiger partial charge on any atom is 0.237 e. The van der Waals surface area contributed by atoms with Crippen molar-refractivity contribution in [3.05, 3.63) is 0 Å². The molecule has 0 saturated heterocycles. The standard InChI is InChI=1S/C12H22N2O2/c1-4-6-11(13)12(15)14-7-5-8-16-9-10(2)3/h1,10-11H,5-9,13H2,2-3H3,(H,14,15). The molecular formula is C12H22N2O2. The first-order valence-corrected chi connectivity index (χ1v) is 5.62. The molecule has 0 saturated carbocycles. The lowest BCUT2D eigenvalue weighted by molar-refractivity contribution is -0.122. The highest BCUT2D eigenvalue weighted by molar-refractivity contribution is 5.81. The number of hydrogen-bond donors (Lipinski definition) is 2. The third kappa shape index (κ3) is 8.27. The lowest BCUT2D eigenvalue weighted by Gasteiger charge is -2.10. The van der Waals surface area contributed by atoms with Gasteiger partial charge in [0, 0.05) is 26.2 Å². The van der Waals surface area contributed by atoms with Gasteiger partial charge in [-0.25, -0.2) is 0 Å². The molecule has 1 unspecified atom stereocenters. The van der Waals surface area contributed by atoms with Crippen molar-refractivity contribution in [1.29, 1.82) is 0 Å². The lowest BCUT2D eigenvalue weighted by Crippen LogP contribution is -2.40. The quantitative estimate of drug-likeness (QED) is 0.468. The third-order valence-electron chi connectivity index (χ3n) is 1.89. The first kappa shape index (κ1) is 14.9. The van der Waals surface area contributed by atoms with Crippen molar-refractivity contribution in [3.63, 3.8) is 0 Å². The smallest absolute Gasteiger partial charge is 0.237 e. The molecule has 0 aliphatic heterocycles. The summed E-state index contributed by atoms with van der Waals surface area (Å²) in [6.07, 6.45) is 6.13. The van der Waals surface area contributed by atoms with Crippen molar-refractivity contribution in [3.8, 4) is 12.3 Å². The zero-order chi connectivity index (χ0) is 12.4. The summed E-state index contributed by atoms with van der Waals surface area (Å²) in [4.78, 5) is 11.3. The summed E-state index contributed by atoms with van der Waals surface area (Å²) in [6, 6.07) is -0.596. The van der Waals surface area contributed by atoms with E-state index < -0.39 is 6.04 Å². The minimum absolute atomic E-state index is 0.193. The Morgan fingerprint density at radius 2 is 2.25 bits per heavy atom. The highest BCUT2D eigenvalue weighted by atomic mass is 16.5. The minimum Gasteiger partial charge on any atom is -0.381 e. The van der Waals surface area contributed by atoms with Crippen molar-refractivity contribution in [2.24, 2.45) is 11.7 Å². The fraction of sp³-hybridized carbons (Fsp3) is 0.750. The molecule has 0 aromatic heterocycles. The second-order valence-electron chi connectivity index (χ2n) is 4.13. The van der Waals surface area contributed by atoms with Crippen LogP contribution in [0.5, 0.6) is 0 Å². The summed E-state index contributed by atoms with van der Waals surface area (Å²) in [5.74, 6) is 2.71. The van der Waals surface area contributed by atoms with E-state index >= 15 is 0 Å². The van der Waals surface area contributed by atoms with Gasteiger partial charge in [-0.3, -0.25) is 4.79 Å². The van der Waals surface area contributed by atoms with Crippen LogP contribution in [0.2, 0.25) is 0 Å². The first-order valence-electron chi connectivity index (χ1n) is 5.62. The Labute approximate surface area is 97.9 Å². The summed E-state index contributed by atoms with van der Waals surface area (Å²) in [7, 11) is 0. The first-order chi connectivity index (χ1) is 7.57. The summed E-state index contributed by atoms with van der Waals surface area (Å²) in [5, 5.41) is 2.72. The second-order valence-corrected chi connectivity index (χ2v) is 4.13. The molecule has 0 aliphatic carbocycles. The highest BCUT2D eigenvalue weighted by Gasteiger charge is 2.10. The molecule has 4 heteroatoms. The van der Waals surface area contributed by atoms with Crippen molar-refractivity contribution in [2.45, 2.75) is 32.7 Å². The Bertz CT molecular complexity index is 234. The van der Waals surface area contributed by atoms with Crippen LogP contribution in [0.25, 0.3) is 0 Å². The number of hydrogen-bond acceptors (Lipinski definition) is 3. The van der Waals surface area contributed by atoms with Crippen molar-refractivity contribution in [2.75, 3.05) is 19.8 Å². The molecule has 1 atom stereocenters. The monoisotopic (exact) mass is 226 g/mol. The average molecular weight is 226 g/mol. The van der Waals surface area contributed by atoms with Gasteiger partial charge in [0.15, 0.2) is 0 Å². The van der Waals surface area contributed by atoms with Gasteiger partial charge in [0.2, 0.25) is 5.91 Å². The zero-order valence-corrected chi connectivity index (χ0v) is 10.2. The number of nitrogens with one attached hydrogen (secondary N) is 1. The van der Waals surface area contributed by atoms with E-state index in [4.69, 9.17) is 16.9 Å². The van der Waals surface area contributed by atoms with E-state index in [2.05, 4.69) is 25.1 Å². The Morgan fingerprint density at radius 1 is 1.56 bits per heavy atom. The summed E-state index contributed by atoms with van der Waals surface area (Å²) < 4.78 is 5.37. The fourth-order valence-electron chi connectivity index (χ4n) is 1.06. The van der Waals surface area contributed by atoms with Crippen LogP contribution in [0.3, 0.4) is 0 Å². The Hall–Kier alpha value is -1.05. The molecule has 0 bridgehead atoms. The van der Waals surface area contributed by atoms with Gasteiger partial charge in [-0.05, 0) is 12.3 Å². The van der Waals surface area contributed by atoms with Crippen LogP contribution in [0, 0.1) is 18.3 Å². The molecule has 0 aromatic rings. The zero-order valence-electron chi connectivity index (χ0n) is 10.2. The van der Waals surface area contributed by atoms with Crippen LogP contribution in [0.1, 0.15) is 26.7 Å². The number of carbonyl (C=O) groups excluding carboxylic acids is 1. The Kier molecular flexibility index (Phi) is 8.59. The summed E-state index contributed by atoms with van der Waals surface area (Å²) in [5.41, 5.74) is 5.52. The van der Waals surface area contributed by atoms with Crippen molar-refractivity contribution < 1.29 is 9.53 Å². The number of ether oxygens (including phenoxy) is 1. The van der Waals surface area contributed by atoms with Gasteiger partial charge in [0.1, 0.15) is 0 Å². The lowest BCUT2D eigenvalue weighted by atomic mass is 10.2. The largest absolute Gasteiger partial charge is 0.381 e. The van der Waals surface area contributed by atoms with E-state index in [9.17, 15) is 4.79 Å². The van der Waals surface area contributed by atoms with Gasteiger partial charge in [-0.1, -0.05) is 13.8 Å².